The molecule has 1 fully saturated rings. The van der Waals surface area contributed by atoms with Gasteiger partial charge >= 0.3 is 0 Å². The average molecular weight is 186 g/mol. The molecule has 0 spiro atoms. The molecular weight excluding hydrogens is 175 g/mol. The zero-order valence-electron chi connectivity index (χ0n) is 7.14. The van der Waals surface area contributed by atoms with E-state index < -0.39 is 24.4 Å². The number of hydrogen-bond donors (Lipinski definition) is 2. The molecule has 3 nitrogen and oxygen atoms in total. The number of aliphatic hydroxyl groups is 2. The minimum Gasteiger partial charge on any atom is -0.388 e. The molecule has 2 N–H and O–H groups in total. The predicted molar refractivity (Wildman–Crippen MR) is 44.4 cm³/mol. The maximum atomic E-state index is 11.4. The minimum atomic E-state index is -0.965. The standard InChI is InChI=1S/C9H11FO3/c1-6-8(11)9(12)7(13-6)4-2-3-5-10/h2,4,6-9,11-12H,1H3/b4-2+/t6-,7+,8?,9-/m0/s1. The van der Waals surface area contributed by atoms with Crippen molar-refractivity contribution in [2.75, 3.05) is 0 Å². The fourth-order valence-corrected chi connectivity index (χ4v) is 1.21. The first kappa shape index (κ1) is 10.2. The first-order valence-electron chi connectivity index (χ1n) is 3.96. The van der Waals surface area contributed by atoms with Crippen molar-refractivity contribution in [3.05, 3.63) is 12.2 Å². The van der Waals surface area contributed by atoms with E-state index in [4.69, 9.17) is 4.74 Å². The van der Waals surface area contributed by atoms with Crippen molar-refractivity contribution in [1.82, 2.24) is 0 Å². The molecule has 0 aromatic carbocycles. The third kappa shape index (κ3) is 2.28. The summed E-state index contributed by atoms with van der Waals surface area (Å²) in [5.41, 5.74) is 0. The van der Waals surface area contributed by atoms with Gasteiger partial charge in [-0.2, -0.15) is 0 Å². The Balaban J connectivity index is 2.56. The van der Waals surface area contributed by atoms with Crippen LogP contribution in [-0.2, 0) is 4.74 Å². The van der Waals surface area contributed by atoms with Crippen molar-refractivity contribution in [1.29, 1.82) is 0 Å². The Labute approximate surface area is 75.8 Å². The molecule has 1 unspecified atom stereocenters. The Hall–Kier alpha value is -0.890. The fourth-order valence-electron chi connectivity index (χ4n) is 1.21. The maximum Gasteiger partial charge on any atom is 0.112 e. The molecule has 0 amide bonds. The molecule has 1 heterocycles. The maximum absolute atomic E-state index is 11.4. The van der Waals surface area contributed by atoms with E-state index in [1.165, 1.54) is 18.3 Å². The molecule has 1 saturated heterocycles. The Kier molecular flexibility index (Phi) is 3.43. The molecule has 1 rings (SSSR count). The molecule has 72 valence electrons. The van der Waals surface area contributed by atoms with Crippen LogP contribution in [0.5, 0.6) is 0 Å². The van der Waals surface area contributed by atoms with Crippen LogP contribution in [0.25, 0.3) is 0 Å². The van der Waals surface area contributed by atoms with E-state index in [1.54, 1.807) is 6.92 Å². The Morgan fingerprint density at radius 3 is 2.54 bits per heavy atom. The number of hydrogen-bond acceptors (Lipinski definition) is 3. The lowest BCUT2D eigenvalue weighted by molar-refractivity contribution is 0.0316. The average Bonchev–Trinajstić information content (AvgIpc) is 2.34. The van der Waals surface area contributed by atoms with Crippen LogP contribution in [0.2, 0.25) is 0 Å². The zero-order valence-corrected chi connectivity index (χ0v) is 7.14. The SMILES string of the molecule is C[C@@H]1O[C@H](/C=C/C#CF)[C@H](O)C1O. The molecule has 1 aliphatic rings. The predicted octanol–water partition coefficient (Wildman–Crippen LogP) is -0.0179. The number of allylic oxidation sites excluding steroid dienone is 1. The molecular formula is C9H11FO3. The number of aliphatic hydroxyl groups excluding tert-OH is 2. The molecule has 4 atom stereocenters. The second-order valence-electron chi connectivity index (χ2n) is 2.88. The third-order valence-electron chi connectivity index (χ3n) is 1.96. The quantitative estimate of drug-likeness (QED) is 0.566. The van der Waals surface area contributed by atoms with Crippen LogP contribution in [0.1, 0.15) is 6.92 Å². The van der Waals surface area contributed by atoms with E-state index >= 15 is 0 Å². The van der Waals surface area contributed by atoms with Gasteiger partial charge in [-0.1, -0.05) is 0 Å². The summed E-state index contributed by atoms with van der Waals surface area (Å²) >= 11 is 0. The Morgan fingerprint density at radius 1 is 1.38 bits per heavy atom. The second-order valence-corrected chi connectivity index (χ2v) is 2.88. The molecule has 0 aliphatic carbocycles. The van der Waals surface area contributed by atoms with Gasteiger partial charge in [-0.25, -0.2) is 0 Å². The van der Waals surface area contributed by atoms with Gasteiger partial charge in [0.15, 0.2) is 0 Å². The highest BCUT2D eigenvalue weighted by molar-refractivity contribution is 5.15. The monoisotopic (exact) mass is 186 g/mol. The lowest BCUT2D eigenvalue weighted by Crippen LogP contribution is -2.30. The smallest absolute Gasteiger partial charge is 0.112 e. The molecule has 0 saturated carbocycles. The molecule has 0 radical (unpaired) electrons. The summed E-state index contributed by atoms with van der Waals surface area (Å²) in [6, 6.07) is 0. The highest BCUT2D eigenvalue weighted by atomic mass is 19.1. The third-order valence-corrected chi connectivity index (χ3v) is 1.96. The van der Waals surface area contributed by atoms with Crippen LogP contribution in [0.15, 0.2) is 12.2 Å². The van der Waals surface area contributed by atoms with Gasteiger partial charge in [-0.15, -0.1) is 4.39 Å². The summed E-state index contributed by atoms with van der Waals surface area (Å²) in [6.45, 7) is 1.66. The molecule has 1 aliphatic heterocycles. The van der Waals surface area contributed by atoms with Gasteiger partial charge in [0.05, 0.1) is 6.10 Å². The van der Waals surface area contributed by atoms with E-state index in [9.17, 15) is 14.6 Å². The van der Waals surface area contributed by atoms with Crippen molar-refractivity contribution in [3.63, 3.8) is 0 Å². The van der Waals surface area contributed by atoms with Crippen LogP contribution < -0.4 is 0 Å². The molecule has 0 aromatic heterocycles. The summed E-state index contributed by atoms with van der Waals surface area (Å²) in [5.74, 6) is 2.06. The summed E-state index contributed by atoms with van der Waals surface area (Å²) < 4.78 is 16.5. The Bertz CT molecular complexity index is 253. The lowest BCUT2D eigenvalue weighted by atomic mass is 10.1. The van der Waals surface area contributed by atoms with Gasteiger partial charge in [-0.3, -0.25) is 0 Å². The van der Waals surface area contributed by atoms with E-state index in [0.29, 0.717) is 0 Å². The van der Waals surface area contributed by atoms with Gasteiger partial charge in [0.1, 0.15) is 24.5 Å². The normalized spacial score (nSPS) is 39.1. The van der Waals surface area contributed by atoms with Crippen molar-refractivity contribution in [2.45, 2.75) is 31.3 Å². The van der Waals surface area contributed by atoms with Crippen LogP contribution in [0.3, 0.4) is 0 Å². The van der Waals surface area contributed by atoms with Gasteiger partial charge in [0.25, 0.3) is 0 Å². The van der Waals surface area contributed by atoms with Crippen molar-refractivity contribution < 1.29 is 19.3 Å². The second kappa shape index (κ2) is 4.38. The highest BCUT2D eigenvalue weighted by Gasteiger charge is 2.38. The van der Waals surface area contributed by atoms with E-state index in [1.807, 2.05) is 0 Å². The van der Waals surface area contributed by atoms with Crippen LogP contribution >= 0.6 is 0 Å². The van der Waals surface area contributed by atoms with Crippen molar-refractivity contribution in [2.24, 2.45) is 0 Å². The van der Waals surface area contributed by atoms with Crippen molar-refractivity contribution in [3.8, 4) is 12.1 Å². The molecule has 0 aromatic rings. The lowest BCUT2D eigenvalue weighted by Gasteiger charge is -2.09. The summed E-state index contributed by atoms with van der Waals surface area (Å²) in [4.78, 5) is 0. The van der Waals surface area contributed by atoms with Gasteiger partial charge in [0, 0.05) is 0 Å². The van der Waals surface area contributed by atoms with E-state index in [0.717, 1.165) is 0 Å². The van der Waals surface area contributed by atoms with Gasteiger partial charge < -0.3 is 14.9 Å². The van der Waals surface area contributed by atoms with Gasteiger partial charge in [0.2, 0.25) is 0 Å². The first-order valence-corrected chi connectivity index (χ1v) is 3.96. The Morgan fingerprint density at radius 2 is 2.08 bits per heavy atom. The first-order chi connectivity index (χ1) is 6.16. The molecule has 0 bridgehead atoms. The zero-order chi connectivity index (χ0) is 9.84. The van der Waals surface area contributed by atoms with Crippen LogP contribution in [0.4, 0.5) is 4.39 Å². The van der Waals surface area contributed by atoms with E-state index in [-0.39, 0.29) is 0 Å². The fraction of sp³-hybridized carbons (Fsp3) is 0.556. The molecule has 13 heavy (non-hydrogen) atoms. The van der Waals surface area contributed by atoms with Crippen LogP contribution in [0, 0.1) is 12.1 Å². The summed E-state index contributed by atoms with van der Waals surface area (Å²) in [5, 5.41) is 18.6. The number of ether oxygens (including phenoxy) is 1. The number of halogens is 1. The highest BCUT2D eigenvalue weighted by Crippen LogP contribution is 2.21. The molecule has 4 heteroatoms. The summed E-state index contributed by atoms with van der Waals surface area (Å²) in [7, 11) is 0. The number of rotatable bonds is 1. The van der Waals surface area contributed by atoms with E-state index in [2.05, 4.69) is 5.92 Å². The summed E-state index contributed by atoms with van der Waals surface area (Å²) in [6.07, 6.45) is 0.982. The van der Waals surface area contributed by atoms with Gasteiger partial charge in [-0.05, 0) is 25.0 Å². The minimum absolute atomic E-state index is 0.414. The topological polar surface area (TPSA) is 49.7 Å². The van der Waals surface area contributed by atoms with Crippen LogP contribution in [-0.4, -0.2) is 34.6 Å². The largest absolute Gasteiger partial charge is 0.388 e. The van der Waals surface area contributed by atoms with Crippen molar-refractivity contribution >= 4 is 0 Å².